The number of esters is 1. The highest BCUT2D eigenvalue weighted by Crippen LogP contribution is 2.36. The second-order valence-corrected chi connectivity index (χ2v) is 6.03. The lowest BCUT2D eigenvalue weighted by molar-refractivity contribution is -0.134. The van der Waals surface area contributed by atoms with E-state index in [1.54, 1.807) is 13.2 Å². The lowest BCUT2D eigenvalue weighted by Gasteiger charge is -2.23. The summed E-state index contributed by atoms with van der Waals surface area (Å²) < 4.78 is 10.9. The summed E-state index contributed by atoms with van der Waals surface area (Å²) in [4.78, 5) is 11.1. The van der Waals surface area contributed by atoms with Crippen molar-refractivity contribution in [3.8, 4) is 5.75 Å². The van der Waals surface area contributed by atoms with Crippen LogP contribution in [0.4, 0.5) is 0 Å². The summed E-state index contributed by atoms with van der Waals surface area (Å²) in [5, 5.41) is 0. The van der Waals surface area contributed by atoms with Gasteiger partial charge in [-0.15, -0.1) is 0 Å². The molecular formula is C15H19BrO3. The van der Waals surface area contributed by atoms with E-state index >= 15 is 0 Å². The van der Waals surface area contributed by atoms with Gasteiger partial charge in [-0.05, 0) is 29.2 Å². The van der Waals surface area contributed by atoms with Crippen LogP contribution in [0, 0.1) is 0 Å². The van der Waals surface area contributed by atoms with E-state index < -0.39 is 0 Å². The zero-order valence-electron chi connectivity index (χ0n) is 11.9. The number of rotatable bonds is 3. The molecule has 0 saturated heterocycles. The summed E-state index contributed by atoms with van der Waals surface area (Å²) in [6.45, 7) is 6.38. The standard InChI is InChI=1S/C15H19BrO3/c1-15(2,3)11-9-12(16)10(8-13(11)18-4)6-7-14(17)19-5/h6-9H,1-5H3. The van der Waals surface area contributed by atoms with Gasteiger partial charge in [-0.2, -0.15) is 0 Å². The minimum atomic E-state index is -0.384. The summed E-state index contributed by atoms with van der Waals surface area (Å²) in [5.74, 6) is 0.422. The normalized spacial score (nSPS) is 11.7. The average Bonchev–Trinajstić information content (AvgIpc) is 2.35. The Kier molecular flexibility index (Phi) is 5.18. The summed E-state index contributed by atoms with van der Waals surface area (Å²) in [7, 11) is 3.00. The fourth-order valence-corrected chi connectivity index (χ4v) is 2.15. The number of hydrogen-bond donors (Lipinski definition) is 0. The van der Waals surface area contributed by atoms with Crippen LogP contribution < -0.4 is 4.74 Å². The largest absolute Gasteiger partial charge is 0.496 e. The van der Waals surface area contributed by atoms with Crippen LogP contribution >= 0.6 is 15.9 Å². The maximum atomic E-state index is 11.1. The van der Waals surface area contributed by atoms with Crippen LogP contribution in [-0.2, 0) is 14.9 Å². The van der Waals surface area contributed by atoms with Crippen LogP contribution in [0.2, 0.25) is 0 Å². The molecule has 3 nitrogen and oxygen atoms in total. The van der Waals surface area contributed by atoms with E-state index in [2.05, 4.69) is 41.4 Å². The first-order valence-electron chi connectivity index (χ1n) is 5.93. The molecule has 0 unspecified atom stereocenters. The molecule has 1 rings (SSSR count). The van der Waals surface area contributed by atoms with E-state index in [0.717, 1.165) is 21.3 Å². The van der Waals surface area contributed by atoms with E-state index in [-0.39, 0.29) is 11.4 Å². The van der Waals surface area contributed by atoms with Crippen LogP contribution in [0.1, 0.15) is 31.9 Å². The molecule has 0 fully saturated rings. The van der Waals surface area contributed by atoms with Gasteiger partial charge in [0.2, 0.25) is 0 Å². The van der Waals surface area contributed by atoms with Crippen molar-refractivity contribution in [1.82, 2.24) is 0 Å². The molecule has 0 heterocycles. The predicted octanol–water partition coefficient (Wildman–Crippen LogP) is 3.94. The molecule has 0 radical (unpaired) electrons. The van der Waals surface area contributed by atoms with Gasteiger partial charge < -0.3 is 9.47 Å². The Labute approximate surface area is 122 Å². The van der Waals surface area contributed by atoms with Gasteiger partial charge >= 0.3 is 5.97 Å². The summed E-state index contributed by atoms with van der Waals surface area (Å²) >= 11 is 3.52. The molecule has 0 bridgehead atoms. The number of carbonyl (C=O) groups is 1. The summed E-state index contributed by atoms with van der Waals surface area (Å²) in [5.41, 5.74) is 1.96. The Morgan fingerprint density at radius 1 is 1.26 bits per heavy atom. The lowest BCUT2D eigenvalue weighted by atomic mass is 9.86. The second kappa shape index (κ2) is 6.24. The van der Waals surface area contributed by atoms with Crippen LogP contribution in [-0.4, -0.2) is 20.2 Å². The van der Waals surface area contributed by atoms with Crippen molar-refractivity contribution < 1.29 is 14.3 Å². The van der Waals surface area contributed by atoms with E-state index in [1.807, 2.05) is 12.1 Å². The van der Waals surface area contributed by atoms with Crippen LogP contribution in [0.5, 0.6) is 5.75 Å². The second-order valence-electron chi connectivity index (χ2n) is 5.18. The Bertz CT molecular complexity index is 499. The van der Waals surface area contributed by atoms with Crippen molar-refractivity contribution in [3.63, 3.8) is 0 Å². The van der Waals surface area contributed by atoms with Gasteiger partial charge in [0.05, 0.1) is 14.2 Å². The molecule has 0 spiro atoms. The third-order valence-electron chi connectivity index (χ3n) is 2.73. The molecule has 4 heteroatoms. The van der Waals surface area contributed by atoms with E-state index in [4.69, 9.17) is 4.74 Å². The molecule has 0 aliphatic rings. The average molecular weight is 327 g/mol. The van der Waals surface area contributed by atoms with Gasteiger partial charge in [-0.1, -0.05) is 36.7 Å². The maximum Gasteiger partial charge on any atom is 0.330 e. The highest BCUT2D eigenvalue weighted by molar-refractivity contribution is 9.10. The van der Waals surface area contributed by atoms with Crippen LogP contribution in [0.15, 0.2) is 22.7 Å². The highest BCUT2D eigenvalue weighted by atomic mass is 79.9. The third kappa shape index (κ3) is 4.10. The number of ether oxygens (including phenoxy) is 2. The Hall–Kier alpha value is -1.29. The Balaban J connectivity index is 3.24. The fourth-order valence-electron chi connectivity index (χ4n) is 1.68. The minimum Gasteiger partial charge on any atom is -0.496 e. The van der Waals surface area contributed by atoms with Crippen molar-refractivity contribution >= 4 is 28.0 Å². The van der Waals surface area contributed by atoms with Gasteiger partial charge in [0.1, 0.15) is 5.75 Å². The number of benzene rings is 1. The molecule has 0 aromatic heterocycles. The molecule has 0 aliphatic carbocycles. The van der Waals surface area contributed by atoms with Crippen molar-refractivity contribution in [1.29, 1.82) is 0 Å². The minimum absolute atomic E-state index is 0.0154. The molecule has 0 atom stereocenters. The zero-order chi connectivity index (χ0) is 14.6. The maximum absolute atomic E-state index is 11.1. The molecule has 0 saturated carbocycles. The van der Waals surface area contributed by atoms with Gasteiger partial charge in [-0.3, -0.25) is 0 Å². The molecule has 19 heavy (non-hydrogen) atoms. The third-order valence-corrected chi connectivity index (χ3v) is 3.41. The van der Waals surface area contributed by atoms with E-state index in [0.29, 0.717) is 0 Å². The molecule has 1 aromatic rings. The van der Waals surface area contributed by atoms with E-state index in [9.17, 15) is 4.79 Å². The SMILES string of the molecule is COC(=O)C=Cc1cc(OC)c(C(C)(C)C)cc1Br. The molecule has 104 valence electrons. The van der Waals surface area contributed by atoms with Gasteiger partial charge in [0.25, 0.3) is 0 Å². The first-order chi connectivity index (χ1) is 8.79. The Morgan fingerprint density at radius 2 is 1.89 bits per heavy atom. The van der Waals surface area contributed by atoms with Crippen LogP contribution in [0.3, 0.4) is 0 Å². The monoisotopic (exact) mass is 326 g/mol. The van der Waals surface area contributed by atoms with Crippen LogP contribution in [0.25, 0.3) is 6.08 Å². The fraction of sp³-hybridized carbons (Fsp3) is 0.400. The van der Waals surface area contributed by atoms with Crippen molar-refractivity contribution in [2.75, 3.05) is 14.2 Å². The number of halogens is 1. The van der Waals surface area contributed by atoms with Crippen molar-refractivity contribution in [3.05, 3.63) is 33.8 Å². The first-order valence-corrected chi connectivity index (χ1v) is 6.73. The van der Waals surface area contributed by atoms with E-state index in [1.165, 1.54) is 13.2 Å². The first kappa shape index (κ1) is 15.8. The highest BCUT2D eigenvalue weighted by Gasteiger charge is 2.20. The predicted molar refractivity (Wildman–Crippen MR) is 80.4 cm³/mol. The quantitative estimate of drug-likeness (QED) is 0.623. The molecule has 1 aromatic carbocycles. The summed E-state index contributed by atoms with van der Waals surface area (Å²) in [6, 6.07) is 3.93. The number of hydrogen-bond acceptors (Lipinski definition) is 3. The lowest BCUT2D eigenvalue weighted by Crippen LogP contribution is -2.13. The Morgan fingerprint density at radius 3 is 2.37 bits per heavy atom. The molecule has 0 N–H and O–H groups in total. The zero-order valence-corrected chi connectivity index (χ0v) is 13.5. The molecular weight excluding hydrogens is 308 g/mol. The molecule has 0 amide bonds. The van der Waals surface area contributed by atoms with Crippen molar-refractivity contribution in [2.24, 2.45) is 0 Å². The van der Waals surface area contributed by atoms with Gasteiger partial charge in [0.15, 0.2) is 0 Å². The smallest absolute Gasteiger partial charge is 0.330 e. The van der Waals surface area contributed by atoms with Gasteiger partial charge in [0, 0.05) is 16.1 Å². The topological polar surface area (TPSA) is 35.5 Å². The molecule has 0 aliphatic heterocycles. The van der Waals surface area contributed by atoms with Gasteiger partial charge in [-0.25, -0.2) is 4.79 Å². The summed E-state index contributed by atoms with van der Waals surface area (Å²) in [6.07, 6.45) is 3.08. The number of methoxy groups -OCH3 is 2. The number of carbonyl (C=O) groups excluding carboxylic acids is 1. The van der Waals surface area contributed by atoms with Crippen molar-refractivity contribution in [2.45, 2.75) is 26.2 Å².